The Morgan fingerprint density at radius 3 is 2.34 bits per heavy atom. The molecule has 1 heterocycles. The van der Waals surface area contributed by atoms with Crippen molar-refractivity contribution in [2.75, 3.05) is 26.3 Å². The number of sulfonamides is 1. The number of morpholine rings is 1. The fourth-order valence-corrected chi connectivity index (χ4v) is 5.48. The Balaban J connectivity index is 1.85. The van der Waals surface area contributed by atoms with Crippen molar-refractivity contribution in [2.24, 2.45) is 0 Å². The maximum absolute atomic E-state index is 12.9. The summed E-state index contributed by atoms with van der Waals surface area (Å²) in [6.07, 6.45) is 0. The molecule has 1 aliphatic heterocycles. The summed E-state index contributed by atoms with van der Waals surface area (Å²) in [5.74, 6) is -0.559. The van der Waals surface area contributed by atoms with Gasteiger partial charge in [-0.05, 0) is 29.8 Å². The minimum Gasteiger partial charge on any atom is -0.379 e. The van der Waals surface area contributed by atoms with Crippen LogP contribution in [0, 0.1) is 0 Å². The monoisotopic (exact) mass is 496 g/mol. The average molecular weight is 498 g/mol. The maximum Gasteiger partial charge on any atom is 0.253 e. The van der Waals surface area contributed by atoms with Gasteiger partial charge in [-0.1, -0.05) is 52.5 Å². The molecule has 2 aromatic rings. The Kier molecular flexibility index (Phi) is 7.32. The van der Waals surface area contributed by atoms with Crippen molar-refractivity contribution in [3.05, 3.63) is 61.5 Å². The van der Waals surface area contributed by atoms with Crippen molar-refractivity contribution in [1.29, 1.82) is 0 Å². The molecule has 29 heavy (non-hydrogen) atoms. The fourth-order valence-electron chi connectivity index (χ4n) is 2.76. The number of nitrogens with zero attached hydrogens (tertiary/aromatic N) is 1. The number of carbonyl (C=O) groups is 1. The Bertz CT molecular complexity index is 1040. The molecule has 1 aliphatic rings. The van der Waals surface area contributed by atoms with Gasteiger partial charge in [0.25, 0.3) is 5.91 Å². The zero-order chi connectivity index (χ0) is 21.2. The standard InChI is InChI=1S/C18H16Cl4N2O4S/c19-12-2-1-11(14(20)7-12)10-23-18(25)13-8-17(16(22)9-15(13)21)29(26,27)24-3-5-28-6-4-24/h1-2,7-9H,3-6,10H2,(H,23,25). The third-order valence-electron chi connectivity index (χ3n) is 4.31. The van der Waals surface area contributed by atoms with Gasteiger partial charge < -0.3 is 10.1 Å². The fraction of sp³-hybridized carbons (Fsp3) is 0.278. The van der Waals surface area contributed by atoms with Crippen molar-refractivity contribution in [1.82, 2.24) is 9.62 Å². The summed E-state index contributed by atoms with van der Waals surface area (Å²) in [7, 11) is -3.90. The third-order valence-corrected chi connectivity index (χ3v) is 7.57. The van der Waals surface area contributed by atoms with Crippen LogP contribution in [-0.4, -0.2) is 44.9 Å². The molecule has 3 rings (SSSR count). The van der Waals surface area contributed by atoms with E-state index in [2.05, 4.69) is 5.32 Å². The van der Waals surface area contributed by atoms with E-state index in [4.69, 9.17) is 51.1 Å². The van der Waals surface area contributed by atoms with Crippen LogP contribution < -0.4 is 5.32 Å². The minimum atomic E-state index is -3.90. The van der Waals surface area contributed by atoms with Gasteiger partial charge in [-0.15, -0.1) is 0 Å². The molecular formula is C18H16Cl4N2O4S. The van der Waals surface area contributed by atoms with Crippen LogP contribution in [0.1, 0.15) is 15.9 Å². The summed E-state index contributed by atoms with van der Waals surface area (Å²) in [5, 5.41) is 3.53. The highest BCUT2D eigenvalue weighted by Crippen LogP contribution is 2.31. The van der Waals surface area contributed by atoms with E-state index in [9.17, 15) is 13.2 Å². The van der Waals surface area contributed by atoms with Crippen LogP contribution in [0.15, 0.2) is 35.2 Å². The van der Waals surface area contributed by atoms with E-state index in [0.717, 1.165) is 0 Å². The Labute approximate surface area is 188 Å². The Hall–Kier alpha value is -1.06. The lowest BCUT2D eigenvalue weighted by molar-refractivity contribution is 0.0730. The second-order valence-electron chi connectivity index (χ2n) is 6.20. The van der Waals surface area contributed by atoms with Gasteiger partial charge in [0, 0.05) is 29.7 Å². The molecule has 1 saturated heterocycles. The number of rotatable bonds is 5. The quantitative estimate of drug-likeness (QED) is 0.669. The van der Waals surface area contributed by atoms with Gasteiger partial charge in [0.05, 0.1) is 28.8 Å². The second-order valence-corrected chi connectivity index (χ2v) is 9.76. The molecule has 0 aromatic heterocycles. The van der Waals surface area contributed by atoms with Crippen LogP contribution in [0.25, 0.3) is 0 Å². The van der Waals surface area contributed by atoms with E-state index in [-0.39, 0.29) is 40.1 Å². The number of halogens is 4. The van der Waals surface area contributed by atoms with Gasteiger partial charge in [0.1, 0.15) is 4.90 Å². The second kappa shape index (κ2) is 9.39. The zero-order valence-corrected chi connectivity index (χ0v) is 18.8. The average Bonchev–Trinajstić information content (AvgIpc) is 2.67. The number of carbonyl (C=O) groups excluding carboxylic acids is 1. The summed E-state index contributed by atoms with van der Waals surface area (Å²) in [6, 6.07) is 7.34. The molecule has 2 aromatic carbocycles. The van der Waals surface area contributed by atoms with E-state index in [1.54, 1.807) is 18.2 Å². The van der Waals surface area contributed by atoms with E-state index >= 15 is 0 Å². The van der Waals surface area contributed by atoms with E-state index in [1.807, 2.05) is 0 Å². The first kappa shape index (κ1) is 22.6. The Morgan fingerprint density at radius 1 is 1.00 bits per heavy atom. The van der Waals surface area contributed by atoms with E-state index in [0.29, 0.717) is 28.8 Å². The highest BCUT2D eigenvalue weighted by molar-refractivity contribution is 7.89. The molecule has 11 heteroatoms. The third kappa shape index (κ3) is 5.17. The number of amides is 1. The van der Waals surface area contributed by atoms with Crippen LogP contribution in [-0.2, 0) is 21.3 Å². The topological polar surface area (TPSA) is 75.7 Å². The predicted molar refractivity (Wildman–Crippen MR) is 114 cm³/mol. The first-order valence-corrected chi connectivity index (χ1v) is 11.4. The highest BCUT2D eigenvalue weighted by Gasteiger charge is 2.30. The molecule has 1 amide bonds. The lowest BCUT2D eigenvalue weighted by atomic mass is 10.2. The molecule has 0 atom stereocenters. The van der Waals surface area contributed by atoms with Crippen molar-refractivity contribution < 1.29 is 17.9 Å². The zero-order valence-electron chi connectivity index (χ0n) is 14.9. The van der Waals surface area contributed by atoms with E-state index < -0.39 is 15.9 Å². The van der Waals surface area contributed by atoms with Gasteiger partial charge in [0.15, 0.2) is 0 Å². The van der Waals surface area contributed by atoms with Gasteiger partial charge in [-0.25, -0.2) is 8.42 Å². The van der Waals surface area contributed by atoms with Crippen molar-refractivity contribution >= 4 is 62.3 Å². The molecule has 0 spiro atoms. The minimum absolute atomic E-state index is 0.00649. The first-order chi connectivity index (χ1) is 13.7. The van der Waals surface area contributed by atoms with Gasteiger partial charge in [-0.2, -0.15) is 4.31 Å². The van der Waals surface area contributed by atoms with Crippen LogP contribution in [0.3, 0.4) is 0 Å². The molecule has 0 saturated carbocycles. The molecule has 156 valence electrons. The Morgan fingerprint density at radius 2 is 1.69 bits per heavy atom. The summed E-state index contributed by atoms with van der Waals surface area (Å²) in [6.45, 7) is 1.11. The molecule has 1 N–H and O–H groups in total. The largest absolute Gasteiger partial charge is 0.379 e. The molecule has 1 fully saturated rings. The normalized spacial score (nSPS) is 15.3. The molecule has 0 unspecified atom stereocenters. The van der Waals surface area contributed by atoms with Crippen LogP contribution in [0.5, 0.6) is 0 Å². The lowest BCUT2D eigenvalue weighted by Gasteiger charge is -2.26. The molecule has 0 bridgehead atoms. The van der Waals surface area contributed by atoms with Crippen molar-refractivity contribution in [3.8, 4) is 0 Å². The number of benzene rings is 2. The van der Waals surface area contributed by atoms with Crippen molar-refractivity contribution in [2.45, 2.75) is 11.4 Å². The number of nitrogens with one attached hydrogen (secondary N) is 1. The summed E-state index contributed by atoms with van der Waals surface area (Å²) in [4.78, 5) is 12.5. The van der Waals surface area contributed by atoms with Crippen LogP contribution >= 0.6 is 46.4 Å². The van der Waals surface area contributed by atoms with Crippen LogP contribution in [0.2, 0.25) is 20.1 Å². The lowest BCUT2D eigenvalue weighted by Crippen LogP contribution is -2.40. The predicted octanol–water partition coefficient (Wildman–Crippen LogP) is 4.25. The van der Waals surface area contributed by atoms with E-state index in [1.165, 1.54) is 16.4 Å². The summed E-state index contributed by atoms with van der Waals surface area (Å²) in [5.41, 5.74) is 0.642. The van der Waals surface area contributed by atoms with Gasteiger partial charge >= 0.3 is 0 Å². The summed E-state index contributed by atoms with van der Waals surface area (Å²) < 4.78 is 32.3. The smallest absolute Gasteiger partial charge is 0.253 e. The molecule has 0 radical (unpaired) electrons. The maximum atomic E-state index is 12.9. The number of hydrogen-bond donors (Lipinski definition) is 1. The number of hydrogen-bond acceptors (Lipinski definition) is 4. The van der Waals surface area contributed by atoms with Gasteiger partial charge in [-0.3, -0.25) is 4.79 Å². The number of ether oxygens (including phenoxy) is 1. The molecular weight excluding hydrogens is 482 g/mol. The summed E-state index contributed by atoms with van der Waals surface area (Å²) >= 11 is 24.3. The van der Waals surface area contributed by atoms with Crippen molar-refractivity contribution in [3.63, 3.8) is 0 Å². The van der Waals surface area contributed by atoms with Crippen LogP contribution in [0.4, 0.5) is 0 Å². The van der Waals surface area contributed by atoms with Gasteiger partial charge in [0.2, 0.25) is 10.0 Å². The highest BCUT2D eigenvalue weighted by atomic mass is 35.5. The SMILES string of the molecule is O=C(NCc1ccc(Cl)cc1Cl)c1cc(S(=O)(=O)N2CCOCC2)c(Cl)cc1Cl. The molecule has 6 nitrogen and oxygen atoms in total. The first-order valence-electron chi connectivity index (χ1n) is 8.49. The molecule has 0 aliphatic carbocycles.